The highest BCUT2D eigenvalue weighted by atomic mass is 16.5. The molecule has 2 rings (SSSR count). The first-order valence-electron chi connectivity index (χ1n) is 8.71. The standard InChI is InChI=1S/C21H27NO3/c1-5-24-19-14-10-9-13-18(19)21(23)25-20(15-22(4)16(2)3)17-11-7-6-8-12-17/h6-14,16,20H,5,15H2,1-4H3. The smallest absolute Gasteiger partial charge is 0.342 e. The molecule has 0 aromatic heterocycles. The third-order valence-electron chi connectivity index (χ3n) is 4.16. The summed E-state index contributed by atoms with van der Waals surface area (Å²) >= 11 is 0. The van der Waals surface area contributed by atoms with Gasteiger partial charge < -0.3 is 9.47 Å². The first-order valence-corrected chi connectivity index (χ1v) is 8.71. The number of carbonyl (C=O) groups is 1. The van der Waals surface area contributed by atoms with Crippen LogP contribution in [0, 0.1) is 0 Å². The number of para-hydroxylation sites is 1. The van der Waals surface area contributed by atoms with Gasteiger partial charge in [-0.05, 0) is 45.5 Å². The van der Waals surface area contributed by atoms with Crippen LogP contribution in [0.15, 0.2) is 54.6 Å². The number of likely N-dealkylation sites (N-methyl/N-ethyl adjacent to an activating group) is 1. The number of hydrogen-bond donors (Lipinski definition) is 0. The van der Waals surface area contributed by atoms with Crippen LogP contribution in [0.3, 0.4) is 0 Å². The van der Waals surface area contributed by atoms with Crippen molar-refractivity contribution in [1.29, 1.82) is 0 Å². The average molecular weight is 341 g/mol. The van der Waals surface area contributed by atoms with Gasteiger partial charge in [0.2, 0.25) is 0 Å². The lowest BCUT2D eigenvalue weighted by Crippen LogP contribution is -2.32. The van der Waals surface area contributed by atoms with E-state index in [2.05, 4.69) is 18.7 Å². The van der Waals surface area contributed by atoms with Gasteiger partial charge in [-0.2, -0.15) is 0 Å². The zero-order valence-corrected chi connectivity index (χ0v) is 15.4. The largest absolute Gasteiger partial charge is 0.493 e. The van der Waals surface area contributed by atoms with E-state index in [1.165, 1.54) is 0 Å². The Labute approximate surface area is 150 Å². The molecule has 4 nitrogen and oxygen atoms in total. The Balaban J connectivity index is 2.23. The van der Waals surface area contributed by atoms with Gasteiger partial charge in [0.05, 0.1) is 6.61 Å². The Hall–Kier alpha value is -2.33. The molecule has 1 unspecified atom stereocenters. The summed E-state index contributed by atoms with van der Waals surface area (Å²) in [5.41, 5.74) is 1.44. The third kappa shape index (κ3) is 5.33. The highest BCUT2D eigenvalue weighted by molar-refractivity contribution is 5.92. The van der Waals surface area contributed by atoms with Crippen molar-refractivity contribution >= 4 is 5.97 Å². The number of esters is 1. The van der Waals surface area contributed by atoms with E-state index in [1.54, 1.807) is 12.1 Å². The monoisotopic (exact) mass is 341 g/mol. The molecule has 0 amide bonds. The van der Waals surface area contributed by atoms with Crippen molar-refractivity contribution in [3.8, 4) is 5.75 Å². The summed E-state index contributed by atoms with van der Waals surface area (Å²) in [4.78, 5) is 14.9. The highest BCUT2D eigenvalue weighted by Gasteiger charge is 2.22. The summed E-state index contributed by atoms with van der Waals surface area (Å²) in [6.07, 6.45) is -0.337. The molecule has 134 valence electrons. The number of nitrogens with zero attached hydrogens (tertiary/aromatic N) is 1. The Morgan fingerprint density at radius 3 is 2.32 bits per heavy atom. The Morgan fingerprint density at radius 1 is 1.04 bits per heavy atom. The maximum atomic E-state index is 12.8. The van der Waals surface area contributed by atoms with Crippen molar-refractivity contribution < 1.29 is 14.3 Å². The maximum absolute atomic E-state index is 12.8. The Kier molecular flexibility index (Phi) is 7.02. The first-order chi connectivity index (χ1) is 12.0. The molecular formula is C21H27NO3. The minimum atomic E-state index is -0.366. The van der Waals surface area contributed by atoms with Gasteiger partial charge in [-0.15, -0.1) is 0 Å². The van der Waals surface area contributed by atoms with Crippen molar-refractivity contribution in [1.82, 2.24) is 4.90 Å². The van der Waals surface area contributed by atoms with Crippen LogP contribution in [-0.4, -0.2) is 37.1 Å². The van der Waals surface area contributed by atoms with Crippen molar-refractivity contribution in [2.75, 3.05) is 20.2 Å². The molecule has 4 heteroatoms. The minimum absolute atomic E-state index is 0.337. The van der Waals surface area contributed by atoms with Gasteiger partial charge in [0.1, 0.15) is 17.4 Å². The molecular weight excluding hydrogens is 314 g/mol. The van der Waals surface area contributed by atoms with Gasteiger partial charge in [0.15, 0.2) is 0 Å². The molecule has 2 aromatic carbocycles. The van der Waals surface area contributed by atoms with Crippen LogP contribution in [0.25, 0.3) is 0 Å². The van der Waals surface area contributed by atoms with Crippen LogP contribution in [0.5, 0.6) is 5.75 Å². The van der Waals surface area contributed by atoms with E-state index in [1.807, 2.05) is 56.4 Å². The first kappa shape index (κ1) is 19.0. The number of carbonyl (C=O) groups excluding carboxylic acids is 1. The van der Waals surface area contributed by atoms with Gasteiger partial charge in [-0.3, -0.25) is 4.90 Å². The van der Waals surface area contributed by atoms with E-state index in [4.69, 9.17) is 9.47 Å². The van der Waals surface area contributed by atoms with Crippen molar-refractivity contribution in [3.05, 3.63) is 65.7 Å². The second-order valence-corrected chi connectivity index (χ2v) is 6.27. The molecule has 0 bridgehead atoms. The lowest BCUT2D eigenvalue weighted by atomic mass is 10.1. The summed E-state index contributed by atoms with van der Waals surface area (Å²) in [6.45, 7) is 7.27. The summed E-state index contributed by atoms with van der Waals surface area (Å²) in [7, 11) is 2.03. The van der Waals surface area contributed by atoms with E-state index in [0.717, 1.165) is 5.56 Å². The molecule has 0 aliphatic carbocycles. The predicted molar refractivity (Wildman–Crippen MR) is 100.0 cm³/mol. The number of rotatable bonds is 8. The molecule has 0 aliphatic rings. The molecule has 0 aliphatic heterocycles. The normalized spacial score (nSPS) is 12.2. The van der Waals surface area contributed by atoms with Crippen LogP contribution >= 0.6 is 0 Å². The molecule has 0 spiro atoms. The molecule has 25 heavy (non-hydrogen) atoms. The molecule has 2 aromatic rings. The van der Waals surface area contributed by atoms with Gasteiger partial charge in [0.25, 0.3) is 0 Å². The lowest BCUT2D eigenvalue weighted by Gasteiger charge is -2.27. The van der Waals surface area contributed by atoms with Gasteiger partial charge in [-0.1, -0.05) is 42.5 Å². The van der Waals surface area contributed by atoms with Crippen molar-refractivity contribution in [2.24, 2.45) is 0 Å². The molecule has 0 saturated heterocycles. The van der Waals surface area contributed by atoms with E-state index >= 15 is 0 Å². The molecule has 0 heterocycles. The predicted octanol–water partition coefficient (Wildman–Crippen LogP) is 4.32. The number of ether oxygens (including phenoxy) is 2. The topological polar surface area (TPSA) is 38.8 Å². The third-order valence-corrected chi connectivity index (χ3v) is 4.16. The second kappa shape index (κ2) is 9.23. The van der Waals surface area contributed by atoms with Gasteiger partial charge in [0, 0.05) is 12.6 Å². The number of benzene rings is 2. The fraction of sp³-hybridized carbons (Fsp3) is 0.381. The van der Waals surface area contributed by atoms with E-state index in [-0.39, 0.29) is 12.1 Å². The highest BCUT2D eigenvalue weighted by Crippen LogP contribution is 2.24. The van der Waals surface area contributed by atoms with Crippen LogP contribution in [0.1, 0.15) is 42.8 Å². The quantitative estimate of drug-likeness (QED) is 0.670. The molecule has 1 atom stereocenters. The Morgan fingerprint density at radius 2 is 1.68 bits per heavy atom. The minimum Gasteiger partial charge on any atom is -0.493 e. The Bertz CT molecular complexity index is 670. The number of hydrogen-bond acceptors (Lipinski definition) is 4. The molecule has 0 fully saturated rings. The summed E-state index contributed by atoms with van der Waals surface area (Å²) in [6, 6.07) is 17.4. The van der Waals surface area contributed by atoms with E-state index in [0.29, 0.717) is 30.5 Å². The SMILES string of the molecule is CCOc1ccccc1C(=O)OC(CN(C)C(C)C)c1ccccc1. The van der Waals surface area contributed by atoms with E-state index < -0.39 is 0 Å². The summed E-state index contributed by atoms with van der Waals surface area (Å²) in [5.74, 6) is 0.189. The van der Waals surface area contributed by atoms with Crippen LogP contribution in [-0.2, 0) is 4.74 Å². The van der Waals surface area contributed by atoms with Crippen molar-refractivity contribution in [3.63, 3.8) is 0 Å². The summed E-state index contributed by atoms with van der Waals surface area (Å²) in [5, 5.41) is 0. The lowest BCUT2D eigenvalue weighted by molar-refractivity contribution is 0.0190. The average Bonchev–Trinajstić information content (AvgIpc) is 2.62. The van der Waals surface area contributed by atoms with Gasteiger partial charge in [-0.25, -0.2) is 4.79 Å². The fourth-order valence-electron chi connectivity index (χ4n) is 2.46. The van der Waals surface area contributed by atoms with Crippen molar-refractivity contribution in [2.45, 2.75) is 32.9 Å². The zero-order chi connectivity index (χ0) is 18.2. The van der Waals surface area contributed by atoms with Crippen LogP contribution < -0.4 is 4.74 Å². The molecule has 0 saturated carbocycles. The maximum Gasteiger partial charge on any atom is 0.342 e. The summed E-state index contributed by atoms with van der Waals surface area (Å²) < 4.78 is 11.4. The fourth-order valence-corrected chi connectivity index (χ4v) is 2.46. The van der Waals surface area contributed by atoms with Crippen LogP contribution in [0.4, 0.5) is 0 Å². The second-order valence-electron chi connectivity index (χ2n) is 6.27. The molecule has 0 radical (unpaired) electrons. The molecule has 0 N–H and O–H groups in total. The van der Waals surface area contributed by atoms with Gasteiger partial charge >= 0.3 is 5.97 Å². The zero-order valence-electron chi connectivity index (χ0n) is 15.4. The van der Waals surface area contributed by atoms with Crippen LogP contribution in [0.2, 0.25) is 0 Å². The van der Waals surface area contributed by atoms with E-state index in [9.17, 15) is 4.79 Å².